The van der Waals surface area contributed by atoms with Crippen LogP contribution in [0.2, 0.25) is 0 Å². The molecular formula is C16H16N2O2S. The van der Waals surface area contributed by atoms with Crippen LogP contribution in [0.1, 0.15) is 25.3 Å². The van der Waals surface area contributed by atoms with Crippen molar-refractivity contribution in [1.29, 1.82) is 5.41 Å². The minimum Gasteiger partial charge on any atom is -0.497 e. The van der Waals surface area contributed by atoms with E-state index >= 15 is 0 Å². The molecule has 0 aromatic heterocycles. The van der Waals surface area contributed by atoms with Crippen molar-refractivity contribution in [3.63, 3.8) is 0 Å². The topological polar surface area (TPSA) is 62.2 Å². The highest BCUT2D eigenvalue weighted by atomic mass is 32.1. The molecule has 5 heteroatoms. The fourth-order valence-corrected chi connectivity index (χ4v) is 2.84. The van der Waals surface area contributed by atoms with E-state index in [9.17, 15) is 4.79 Å². The first-order valence-corrected chi connectivity index (χ1v) is 6.87. The van der Waals surface area contributed by atoms with Crippen molar-refractivity contribution in [2.75, 3.05) is 7.11 Å². The summed E-state index contributed by atoms with van der Waals surface area (Å²) in [6.45, 7) is 3.34. The van der Waals surface area contributed by atoms with E-state index in [1.165, 1.54) is 6.92 Å². The third-order valence-electron chi connectivity index (χ3n) is 3.49. The number of hydrogen-bond donors (Lipinski definition) is 2. The SMILES string of the molecule is COc1ccc(C2C(=C=N)C(=S)NC(C)=C2C(C)=O)cc1. The summed E-state index contributed by atoms with van der Waals surface area (Å²) in [5, 5.41) is 10.5. The molecule has 0 spiro atoms. The number of methoxy groups -OCH3 is 1. The second-order valence-electron chi connectivity index (χ2n) is 4.79. The maximum Gasteiger partial charge on any atom is 0.158 e. The maximum atomic E-state index is 12.0. The summed E-state index contributed by atoms with van der Waals surface area (Å²) >= 11 is 5.27. The molecule has 0 saturated carbocycles. The Kier molecular flexibility index (Phi) is 4.36. The summed E-state index contributed by atoms with van der Waals surface area (Å²) in [5.74, 6) is 2.71. The molecule has 2 rings (SSSR count). The number of ketones is 1. The maximum absolute atomic E-state index is 12.0. The first-order valence-electron chi connectivity index (χ1n) is 6.46. The van der Waals surface area contributed by atoms with Gasteiger partial charge in [0, 0.05) is 11.3 Å². The van der Waals surface area contributed by atoms with E-state index in [1.807, 2.05) is 31.2 Å². The van der Waals surface area contributed by atoms with E-state index in [-0.39, 0.29) is 11.7 Å². The summed E-state index contributed by atoms with van der Waals surface area (Å²) in [5.41, 5.74) is 2.74. The van der Waals surface area contributed by atoms with Crippen LogP contribution in [-0.2, 0) is 4.79 Å². The molecule has 0 aliphatic carbocycles. The zero-order valence-corrected chi connectivity index (χ0v) is 12.9. The van der Waals surface area contributed by atoms with Crippen LogP contribution in [0.5, 0.6) is 5.75 Å². The normalized spacial score (nSPS) is 18.1. The van der Waals surface area contributed by atoms with Gasteiger partial charge in [-0.1, -0.05) is 24.4 Å². The van der Waals surface area contributed by atoms with Gasteiger partial charge in [0.05, 0.1) is 18.6 Å². The summed E-state index contributed by atoms with van der Waals surface area (Å²) in [6, 6.07) is 7.42. The molecule has 0 saturated heterocycles. The van der Waals surface area contributed by atoms with E-state index in [0.717, 1.165) is 17.0 Å². The van der Waals surface area contributed by atoms with Gasteiger partial charge in [-0.2, -0.15) is 0 Å². The Labute approximate surface area is 129 Å². The molecule has 0 radical (unpaired) electrons. The lowest BCUT2D eigenvalue weighted by Gasteiger charge is -2.29. The van der Waals surface area contributed by atoms with E-state index in [4.69, 9.17) is 22.4 Å². The van der Waals surface area contributed by atoms with Crippen LogP contribution in [0.15, 0.2) is 41.1 Å². The number of thiocarbonyl (C=S) groups is 1. The highest BCUT2D eigenvalue weighted by molar-refractivity contribution is 7.80. The van der Waals surface area contributed by atoms with Gasteiger partial charge in [0.25, 0.3) is 0 Å². The molecule has 0 fully saturated rings. The van der Waals surface area contributed by atoms with Gasteiger partial charge in [0.2, 0.25) is 0 Å². The minimum absolute atomic E-state index is 0.0453. The highest BCUT2D eigenvalue weighted by Gasteiger charge is 2.32. The summed E-state index contributed by atoms with van der Waals surface area (Å²) in [4.78, 5) is 12.5. The van der Waals surface area contributed by atoms with Crippen molar-refractivity contribution in [3.05, 3.63) is 46.7 Å². The lowest BCUT2D eigenvalue weighted by atomic mass is 9.80. The Hall–Kier alpha value is -2.23. The third-order valence-corrected chi connectivity index (χ3v) is 3.81. The molecule has 4 nitrogen and oxygen atoms in total. The van der Waals surface area contributed by atoms with Gasteiger partial charge in [-0.15, -0.1) is 0 Å². The van der Waals surface area contributed by atoms with E-state index in [2.05, 4.69) is 11.2 Å². The zero-order chi connectivity index (χ0) is 15.6. The number of hydrogen-bond acceptors (Lipinski definition) is 4. The summed E-state index contributed by atoms with van der Waals surface area (Å²) in [7, 11) is 1.60. The second-order valence-corrected chi connectivity index (χ2v) is 5.20. The highest BCUT2D eigenvalue weighted by Crippen LogP contribution is 2.36. The number of rotatable bonds is 3. The molecule has 1 unspecified atom stereocenters. The number of ether oxygens (including phenoxy) is 1. The van der Waals surface area contributed by atoms with Gasteiger partial charge in [-0.25, -0.2) is 0 Å². The van der Waals surface area contributed by atoms with Crippen molar-refractivity contribution >= 4 is 28.9 Å². The van der Waals surface area contributed by atoms with Gasteiger partial charge in [0.15, 0.2) is 5.78 Å². The van der Waals surface area contributed by atoms with Gasteiger partial charge in [-0.05, 0) is 37.4 Å². The third kappa shape index (κ3) is 2.79. The average molecular weight is 300 g/mol. The van der Waals surface area contributed by atoms with Gasteiger partial charge in [0.1, 0.15) is 10.7 Å². The molecule has 1 atom stereocenters. The molecule has 108 valence electrons. The first kappa shape index (κ1) is 15.2. The summed E-state index contributed by atoms with van der Waals surface area (Å²) in [6.07, 6.45) is 0. The van der Waals surface area contributed by atoms with Gasteiger partial charge in [-0.3, -0.25) is 10.2 Å². The predicted molar refractivity (Wildman–Crippen MR) is 86.1 cm³/mol. The van der Waals surface area contributed by atoms with Crippen LogP contribution in [0.25, 0.3) is 0 Å². The molecule has 0 bridgehead atoms. The van der Waals surface area contributed by atoms with E-state index in [1.54, 1.807) is 7.11 Å². The Morgan fingerprint density at radius 1 is 1.38 bits per heavy atom. The largest absolute Gasteiger partial charge is 0.497 e. The van der Waals surface area contributed by atoms with Crippen molar-refractivity contribution in [2.24, 2.45) is 0 Å². The second kappa shape index (κ2) is 6.04. The number of allylic oxidation sites excluding steroid dienone is 2. The van der Waals surface area contributed by atoms with Crippen LogP contribution < -0.4 is 10.1 Å². The Morgan fingerprint density at radius 2 is 2.00 bits per heavy atom. The van der Waals surface area contributed by atoms with Crippen molar-refractivity contribution in [1.82, 2.24) is 5.32 Å². The molecule has 21 heavy (non-hydrogen) atoms. The molecule has 1 aromatic rings. The smallest absolute Gasteiger partial charge is 0.158 e. The van der Waals surface area contributed by atoms with Crippen molar-refractivity contribution < 1.29 is 9.53 Å². The molecular weight excluding hydrogens is 284 g/mol. The summed E-state index contributed by atoms with van der Waals surface area (Å²) < 4.78 is 5.15. The van der Waals surface area contributed by atoms with Crippen molar-refractivity contribution in [2.45, 2.75) is 19.8 Å². The Morgan fingerprint density at radius 3 is 2.48 bits per heavy atom. The molecule has 1 aliphatic heterocycles. The molecule has 0 amide bonds. The van der Waals surface area contributed by atoms with Gasteiger partial charge < -0.3 is 10.1 Å². The monoisotopic (exact) mass is 300 g/mol. The van der Waals surface area contributed by atoms with Crippen LogP contribution in [0, 0.1) is 5.41 Å². The van der Waals surface area contributed by atoms with Crippen LogP contribution in [-0.4, -0.2) is 23.8 Å². The quantitative estimate of drug-likeness (QED) is 0.512. The van der Waals surface area contributed by atoms with E-state index in [0.29, 0.717) is 16.1 Å². The number of nitrogens with one attached hydrogen (secondary N) is 2. The molecule has 1 heterocycles. The van der Waals surface area contributed by atoms with Crippen molar-refractivity contribution in [3.8, 4) is 5.75 Å². The minimum atomic E-state index is -0.361. The first-order chi connectivity index (χ1) is 9.99. The average Bonchev–Trinajstić information content (AvgIpc) is 2.46. The predicted octanol–water partition coefficient (Wildman–Crippen LogP) is 2.75. The molecule has 1 aromatic carbocycles. The van der Waals surface area contributed by atoms with Crippen LogP contribution in [0.3, 0.4) is 0 Å². The molecule has 1 aliphatic rings. The van der Waals surface area contributed by atoms with Crippen LogP contribution >= 0.6 is 12.2 Å². The fraction of sp³-hybridized carbons (Fsp3) is 0.250. The lowest BCUT2D eigenvalue weighted by Crippen LogP contribution is -2.34. The van der Waals surface area contributed by atoms with E-state index < -0.39 is 0 Å². The number of Topliss-reactive ketones (excluding diaryl/α,β-unsaturated/α-hetero) is 1. The van der Waals surface area contributed by atoms with Gasteiger partial charge >= 0.3 is 0 Å². The Bertz CT molecular complexity index is 683. The number of benzene rings is 1. The lowest BCUT2D eigenvalue weighted by molar-refractivity contribution is -0.113. The zero-order valence-electron chi connectivity index (χ0n) is 12.1. The standard InChI is InChI=1S/C16H16N2O2S/c1-9-14(10(2)19)15(13(8-17)16(21)18-9)11-4-6-12(20-3)7-5-11/h4-7,15,17H,1-3H3,(H,18,21). The Balaban J connectivity index is 2.62. The number of carbonyl (C=O) groups excluding carboxylic acids is 1. The number of carbonyl (C=O) groups is 1. The fourth-order valence-electron chi connectivity index (χ4n) is 2.52. The van der Waals surface area contributed by atoms with Crippen LogP contribution in [0.4, 0.5) is 0 Å². The molecule has 2 N–H and O–H groups in total.